The van der Waals surface area contributed by atoms with Gasteiger partial charge < -0.3 is 10.3 Å². The number of nitrogens with two attached hydrogens (primary N) is 1. The van der Waals surface area contributed by atoms with Crippen LogP contribution in [-0.4, -0.2) is 15.9 Å². The Morgan fingerprint density at radius 1 is 1.33 bits per heavy atom. The number of hydrogen-bond acceptors (Lipinski definition) is 5. The zero-order chi connectivity index (χ0) is 12.8. The standard InChI is InChI=1S/C13H17N3OS/c1-2-18-9-12-15-13(17-16-12)11(14)8-10-6-4-3-5-7-10/h3-7,11H,2,8-9,14H2,1H3. The summed E-state index contributed by atoms with van der Waals surface area (Å²) < 4.78 is 5.20. The molecule has 2 aromatic rings. The molecule has 18 heavy (non-hydrogen) atoms. The molecule has 1 aromatic heterocycles. The second-order valence-corrected chi connectivity index (χ2v) is 5.26. The van der Waals surface area contributed by atoms with Gasteiger partial charge in [-0.2, -0.15) is 16.7 Å². The van der Waals surface area contributed by atoms with Gasteiger partial charge in [-0.25, -0.2) is 0 Å². The van der Waals surface area contributed by atoms with Crippen LogP contribution in [0, 0.1) is 0 Å². The zero-order valence-corrected chi connectivity index (χ0v) is 11.2. The van der Waals surface area contributed by atoms with Crippen LogP contribution in [0.2, 0.25) is 0 Å². The predicted molar refractivity (Wildman–Crippen MR) is 73.2 cm³/mol. The first-order chi connectivity index (χ1) is 8.79. The van der Waals surface area contributed by atoms with Crippen molar-refractivity contribution < 1.29 is 4.52 Å². The van der Waals surface area contributed by atoms with Gasteiger partial charge in [0.2, 0.25) is 5.89 Å². The Balaban J connectivity index is 1.96. The molecule has 4 nitrogen and oxygen atoms in total. The largest absolute Gasteiger partial charge is 0.338 e. The Hall–Kier alpha value is -1.33. The highest BCUT2D eigenvalue weighted by molar-refractivity contribution is 7.98. The maximum Gasteiger partial charge on any atom is 0.243 e. The van der Waals surface area contributed by atoms with E-state index in [0.29, 0.717) is 12.3 Å². The molecule has 5 heteroatoms. The fraction of sp³-hybridized carbons (Fsp3) is 0.385. The van der Waals surface area contributed by atoms with Crippen molar-refractivity contribution in [1.82, 2.24) is 10.1 Å². The minimum atomic E-state index is -0.236. The third-order valence-electron chi connectivity index (χ3n) is 2.53. The molecule has 0 spiro atoms. The maximum atomic E-state index is 6.07. The van der Waals surface area contributed by atoms with E-state index in [4.69, 9.17) is 10.3 Å². The van der Waals surface area contributed by atoms with Crippen LogP contribution in [-0.2, 0) is 12.2 Å². The molecule has 0 saturated carbocycles. The van der Waals surface area contributed by atoms with Crippen molar-refractivity contribution >= 4 is 11.8 Å². The average Bonchev–Trinajstić information content (AvgIpc) is 2.86. The molecule has 2 N–H and O–H groups in total. The van der Waals surface area contributed by atoms with Gasteiger partial charge in [-0.15, -0.1) is 0 Å². The molecule has 1 unspecified atom stereocenters. The molecule has 2 rings (SSSR count). The van der Waals surface area contributed by atoms with Crippen molar-refractivity contribution in [1.29, 1.82) is 0 Å². The molecule has 0 aliphatic heterocycles. The van der Waals surface area contributed by atoms with Gasteiger partial charge in [0.15, 0.2) is 5.82 Å². The first-order valence-corrected chi connectivity index (χ1v) is 7.14. The van der Waals surface area contributed by atoms with Crippen LogP contribution in [0.25, 0.3) is 0 Å². The number of aromatic nitrogens is 2. The van der Waals surface area contributed by atoms with Gasteiger partial charge in [0.05, 0.1) is 11.8 Å². The van der Waals surface area contributed by atoms with Crippen LogP contribution >= 0.6 is 11.8 Å². The summed E-state index contributed by atoms with van der Waals surface area (Å²) in [6.45, 7) is 2.10. The summed E-state index contributed by atoms with van der Waals surface area (Å²) >= 11 is 1.76. The zero-order valence-electron chi connectivity index (χ0n) is 10.4. The Bertz CT molecular complexity index is 472. The van der Waals surface area contributed by atoms with Crippen LogP contribution in [0.3, 0.4) is 0 Å². The lowest BCUT2D eigenvalue weighted by Crippen LogP contribution is -2.13. The van der Waals surface area contributed by atoms with E-state index in [-0.39, 0.29) is 6.04 Å². The molecular weight excluding hydrogens is 246 g/mol. The molecule has 0 saturated heterocycles. The number of thioether (sulfide) groups is 1. The fourth-order valence-electron chi connectivity index (χ4n) is 1.63. The summed E-state index contributed by atoms with van der Waals surface area (Å²) in [5.74, 6) is 3.06. The lowest BCUT2D eigenvalue weighted by Gasteiger charge is -2.05. The molecule has 0 aliphatic rings. The molecule has 0 bridgehead atoms. The molecule has 1 aromatic carbocycles. The molecular formula is C13H17N3OS. The minimum absolute atomic E-state index is 0.236. The summed E-state index contributed by atoms with van der Waals surface area (Å²) in [5, 5.41) is 3.93. The van der Waals surface area contributed by atoms with E-state index in [0.717, 1.165) is 17.3 Å². The number of nitrogens with zero attached hydrogens (tertiary/aromatic N) is 2. The quantitative estimate of drug-likeness (QED) is 0.867. The van der Waals surface area contributed by atoms with Crippen molar-refractivity contribution in [3.63, 3.8) is 0 Å². The van der Waals surface area contributed by atoms with Gasteiger partial charge in [-0.3, -0.25) is 0 Å². The van der Waals surface area contributed by atoms with Gasteiger partial charge in [-0.05, 0) is 17.7 Å². The second-order valence-electron chi connectivity index (χ2n) is 3.98. The number of benzene rings is 1. The fourth-order valence-corrected chi connectivity index (χ4v) is 2.13. The maximum absolute atomic E-state index is 6.07. The van der Waals surface area contributed by atoms with E-state index in [2.05, 4.69) is 17.1 Å². The van der Waals surface area contributed by atoms with Crippen LogP contribution in [0.4, 0.5) is 0 Å². The van der Waals surface area contributed by atoms with E-state index >= 15 is 0 Å². The molecule has 1 atom stereocenters. The smallest absolute Gasteiger partial charge is 0.243 e. The first kappa shape index (κ1) is 13.1. The molecule has 0 aliphatic carbocycles. The van der Waals surface area contributed by atoms with Crippen molar-refractivity contribution in [2.45, 2.75) is 25.1 Å². The highest BCUT2D eigenvalue weighted by Crippen LogP contribution is 2.16. The summed E-state index contributed by atoms with van der Waals surface area (Å²) in [5.41, 5.74) is 7.24. The van der Waals surface area contributed by atoms with Crippen LogP contribution < -0.4 is 5.73 Å². The lowest BCUT2D eigenvalue weighted by atomic mass is 10.1. The molecule has 1 heterocycles. The second kappa shape index (κ2) is 6.56. The topological polar surface area (TPSA) is 64.9 Å². The van der Waals surface area contributed by atoms with Gasteiger partial charge in [0.25, 0.3) is 0 Å². The van der Waals surface area contributed by atoms with E-state index in [1.54, 1.807) is 11.8 Å². The van der Waals surface area contributed by atoms with E-state index in [1.807, 2.05) is 30.3 Å². The Morgan fingerprint density at radius 2 is 2.11 bits per heavy atom. The van der Waals surface area contributed by atoms with Crippen molar-refractivity contribution in [3.8, 4) is 0 Å². The van der Waals surface area contributed by atoms with Gasteiger partial charge in [0.1, 0.15) is 0 Å². The number of hydrogen-bond donors (Lipinski definition) is 1. The van der Waals surface area contributed by atoms with Crippen LogP contribution in [0.1, 0.15) is 30.2 Å². The highest BCUT2D eigenvalue weighted by Gasteiger charge is 2.15. The summed E-state index contributed by atoms with van der Waals surface area (Å²) in [7, 11) is 0. The molecule has 0 radical (unpaired) electrons. The summed E-state index contributed by atoms with van der Waals surface area (Å²) in [6.07, 6.45) is 0.712. The molecule has 0 amide bonds. The summed E-state index contributed by atoms with van der Waals surface area (Å²) in [4.78, 5) is 4.32. The SMILES string of the molecule is CCSCc1noc(C(N)Cc2ccccc2)n1. The van der Waals surface area contributed by atoms with Crippen LogP contribution in [0.5, 0.6) is 0 Å². The van der Waals surface area contributed by atoms with Gasteiger partial charge in [0, 0.05) is 0 Å². The van der Waals surface area contributed by atoms with Crippen molar-refractivity contribution in [2.24, 2.45) is 5.73 Å². The van der Waals surface area contributed by atoms with E-state index in [9.17, 15) is 0 Å². The van der Waals surface area contributed by atoms with Crippen LogP contribution in [0.15, 0.2) is 34.9 Å². The molecule has 0 fully saturated rings. The lowest BCUT2D eigenvalue weighted by molar-refractivity contribution is 0.351. The van der Waals surface area contributed by atoms with Crippen molar-refractivity contribution in [2.75, 3.05) is 5.75 Å². The summed E-state index contributed by atoms with van der Waals surface area (Å²) in [6, 6.07) is 9.84. The Labute approximate surface area is 111 Å². The third-order valence-corrected chi connectivity index (χ3v) is 3.41. The van der Waals surface area contributed by atoms with Gasteiger partial charge in [-0.1, -0.05) is 42.4 Å². The Morgan fingerprint density at radius 3 is 2.83 bits per heavy atom. The first-order valence-electron chi connectivity index (χ1n) is 5.99. The normalized spacial score (nSPS) is 12.6. The Kier molecular flexibility index (Phi) is 4.78. The average molecular weight is 263 g/mol. The highest BCUT2D eigenvalue weighted by atomic mass is 32.2. The molecule has 96 valence electrons. The minimum Gasteiger partial charge on any atom is -0.338 e. The van der Waals surface area contributed by atoms with E-state index in [1.165, 1.54) is 5.56 Å². The van der Waals surface area contributed by atoms with Gasteiger partial charge >= 0.3 is 0 Å². The predicted octanol–water partition coefficient (Wildman–Crippen LogP) is 2.57. The number of rotatable bonds is 6. The van der Waals surface area contributed by atoms with Crippen molar-refractivity contribution in [3.05, 3.63) is 47.6 Å². The van der Waals surface area contributed by atoms with E-state index < -0.39 is 0 Å². The third kappa shape index (κ3) is 3.58. The monoisotopic (exact) mass is 263 g/mol.